The van der Waals surface area contributed by atoms with E-state index in [0.29, 0.717) is 5.56 Å². The summed E-state index contributed by atoms with van der Waals surface area (Å²) in [7, 11) is 1.36. The van der Waals surface area contributed by atoms with E-state index in [1.54, 1.807) is 24.3 Å². The number of fused-ring (bicyclic) bond motifs is 1. The van der Waals surface area contributed by atoms with E-state index in [-0.39, 0.29) is 16.8 Å². The second-order valence-corrected chi connectivity index (χ2v) is 8.59. The topological polar surface area (TPSA) is 46.5 Å². The SMILES string of the molecule is COC(=O)c1ccc(C(O)c2ccc3c(c2)C(C)(C)CCC3(C)C)cc1. The minimum absolute atomic E-state index is 0.106. The van der Waals surface area contributed by atoms with Crippen LogP contribution in [-0.4, -0.2) is 18.2 Å². The molecule has 1 atom stereocenters. The van der Waals surface area contributed by atoms with Crippen LogP contribution in [0.4, 0.5) is 0 Å². The largest absolute Gasteiger partial charge is 0.465 e. The van der Waals surface area contributed by atoms with E-state index in [1.165, 1.54) is 24.7 Å². The van der Waals surface area contributed by atoms with Crippen LogP contribution in [0.15, 0.2) is 42.5 Å². The highest BCUT2D eigenvalue weighted by Gasteiger charge is 2.37. The fraction of sp³-hybridized carbons (Fsp3) is 0.435. The zero-order valence-corrected chi connectivity index (χ0v) is 16.3. The highest BCUT2D eigenvalue weighted by Crippen LogP contribution is 2.46. The molecule has 0 saturated carbocycles. The molecular formula is C23H28O3. The number of benzene rings is 2. The van der Waals surface area contributed by atoms with Crippen molar-refractivity contribution in [3.63, 3.8) is 0 Å². The molecule has 3 rings (SSSR count). The maximum atomic E-state index is 11.6. The lowest BCUT2D eigenvalue weighted by Gasteiger charge is -2.42. The molecular weight excluding hydrogens is 324 g/mol. The van der Waals surface area contributed by atoms with E-state index in [0.717, 1.165) is 17.5 Å². The average Bonchev–Trinajstić information content (AvgIpc) is 2.64. The van der Waals surface area contributed by atoms with Gasteiger partial charge in [-0.2, -0.15) is 0 Å². The normalized spacial score (nSPS) is 18.7. The highest BCUT2D eigenvalue weighted by atomic mass is 16.5. The van der Waals surface area contributed by atoms with Crippen molar-refractivity contribution in [2.24, 2.45) is 0 Å². The first-order valence-electron chi connectivity index (χ1n) is 9.17. The number of esters is 1. The Morgan fingerprint density at radius 2 is 1.46 bits per heavy atom. The lowest BCUT2D eigenvalue weighted by molar-refractivity contribution is 0.0600. The van der Waals surface area contributed by atoms with Gasteiger partial charge in [0.1, 0.15) is 6.10 Å². The Bertz CT molecular complexity index is 816. The van der Waals surface area contributed by atoms with Crippen molar-refractivity contribution in [3.8, 4) is 0 Å². The minimum Gasteiger partial charge on any atom is -0.465 e. The van der Waals surface area contributed by atoms with Crippen molar-refractivity contribution in [2.45, 2.75) is 57.5 Å². The fourth-order valence-electron chi connectivity index (χ4n) is 3.89. The predicted molar refractivity (Wildman–Crippen MR) is 104 cm³/mol. The summed E-state index contributed by atoms with van der Waals surface area (Å²) in [6.45, 7) is 9.15. The van der Waals surface area contributed by atoms with Gasteiger partial charge in [-0.15, -0.1) is 0 Å². The van der Waals surface area contributed by atoms with E-state index >= 15 is 0 Å². The first-order valence-corrected chi connectivity index (χ1v) is 9.17. The summed E-state index contributed by atoms with van der Waals surface area (Å²) >= 11 is 0. The lowest BCUT2D eigenvalue weighted by Crippen LogP contribution is -2.34. The van der Waals surface area contributed by atoms with Gasteiger partial charge in [0.05, 0.1) is 12.7 Å². The van der Waals surface area contributed by atoms with Crippen LogP contribution < -0.4 is 0 Å². The molecule has 0 amide bonds. The number of ether oxygens (including phenoxy) is 1. The molecule has 0 aromatic heterocycles. The maximum absolute atomic E-state index is 11.6. The molecule has 0 spiro atoms. The molecule has 0 aliphatic heterocycles. The summed E-state index contributed by atoms with van der Waals surface area (Å²) in [4.78, 5) is 11.6. The number of aliphatic hydroxyl groups excluding tert-OH is 1. The highest BCUT2D eigenvalue weighted by molar-refractivity contribution is 5.89. The van der Waals surface area contributed by atoms with Gasteiger partial charge in [0.2, 0.25) is 0 Å². The van der Waals surface area contributed by atoms with Gasteiger partial charge < -0.3 is 9.84 Å². The molecule has 1 aliphatic rings. The van der Waals surface area contributed by atoms with Crippen LogP contribution in [0.2, 0.25) is 0 Å². The zero-order chi connectivity index (χ0) is 19.1. The Hall–Kier alpha value is -2.13. The first kappa shape index (κ1) is 18.7. The summed E-state index contributed by atoms with van der Waals surface area (Å²) in [5, 5.41) is 10.9. The van der Waals surface area contributed by atoms with E-state index in [9.17, 15) is 9.90 Å². The first-order chi connectivity index (χ1) is 12.2. The van der Waals surface area contributed by atoms with Crippen molar-refractivity contribution < 1.29 is 14.6 Å². The number of methoxy groups -OCH3 is 1. The van der Waals surface area contributed by atoms with Gasteiger partial charge in [-0.05, 0) is 58.1 Å². The van der Waals surface area contributed by atoms with Gasteiger partial charge in [0, 0.05) is 0 Å². The van der Waals surface area contributed by atoms with Crippen LogP contribution in [-0.2, 0) is 15.6 Å². The molecule has 0 radical (unpaired) electrons. The minimum atomic E-state index is -0.715. The van der Waals surface area contributed by atoms with Crippen LogP contribution in [0.1, 0.15) is 79.3 Å². The predicted octanol–water partition coefficient (Wildman–Crippen LogP) is 4.90. The van der Waals surface area contributed by atoms with Crippen molar-refractivity contribution in [1.82, 2.24) is 0 Å². The number of aliphatic hydroxyl groups is 1. The summed E-state index contributed by atoms with van der Waals surface area (Å²) < 4.78 is 4.72. The quantitative estimate of drug-likeness (QED) is 0.799. The van der Waals surface area contributed by atoms with Crippen LogP contribution in [0.3, 0.4) is 0 Å². The summed E-state index contributed by atoms with van der Waals surface area (Å²) in [5.74, 6) is -0.371. The molecule has 0 bridgehead atoms. The molecule has 3 heteroatoms. The second kappa shape index (κ2) is 6.55. The molecule has 1 unspecified atom stereocenters. The van der Waals surface area contributed by atoms with Crippen molar-refractivity contribution in [1.29, 1.82) is 0 Å². The summed E-state index contributed by atoms with van der Waals surface area (Å²) in [6.07, 6.45) is 1.59. The number of hydrogen-bond acceptors (Lipinski definition) is 3. The third-order valence-corrected chi connectivity index (χ3v) is 5.84. The van der Waals surface area contributed by atoms with Crippen LogP contribution in [0.5, 0.6) is 0 Å². The molecule has 2 aromatic rings. The van der Waals surface area contributed by atoms with E-state index in [2.05, 4.69) is 39.8 Å². The third kappa shape index (κ3) is 3.28. The Morgan fingerprint density at radius 3 is 2.04 bits per heavy atom. The fourth-order valence-corrected chi connectivity index (χ4v) is 3.89. The van der Waals surface area contributed by atoms with Crippen molar-refractivity contribution in [2.75, 3.05) is 7.11 Å². The molecule has 138 valence electrons. The monoisotopic (exact) mass is 352 g/mol. The number of hydrogen-bond donors (Lipinski definition) is 1. The lowest BCUT2D eigenvalue weighted by atomic mass is 9.63. The Labute approximate surface area is 156 Å². The van der Waals surface area contributed by atoms with Gasteiger partial charge in [0.25, 0.3) is 0 Å². The maximum Gasteiger partial charge on any atom is 0.337 e. The molecule has 0 saturated heterocycles. The van der Waals surface area contributed by atoms with E-state index < -0.39 is 6.10 Å². The summed E-state index contributed by atoms with van der Waals surface area (Å²) in [6, 6.07) is 13.3. The third-order valence-electron chi connectivity index (χ3n) is 5.84. The van der Waals surface area contributed by atoms with E-state index in [4.69, 9.17) is 4.74 Å². The molecule has 1 N–H and O–H groups in total. The number of rotatable bonds is 3. The zero-order valence-electron chi connectivity index (χ0n) is 16.3. The molecule has 0 fully saturated rings. The Balaban J connectivity index is 1.96. The number of carbonyl (C=O) groups excluding carboxylic acids is 1. The standard InChI is InChI=1S/C23H28O3/c1-22(2)12-13-23(3,4)19-14-17(10-11-18(19)22)20(24)15-6-8-16(9-7-15)21(25)26-5/h6-11,14,20,24H,12-13H2,1-5H3. The van der Waals surface area contributed by atoms with Crippen molar-refractivity contribution >= 4 is 5.97 Å². The van der Waals surface area contributed by atoms with Gasteiger partial charge in [-0.1, -0.05) is 58.0 Å². The molecule has 2 aromatic carbocycles. The molecule has 0 heterocycles. The van der Waals surface area contributed by atoms with Crippen LogP contribution in [0, 0.1) is 0 Å². The second-order valence-electron chi connectivity index (χ2n) is 8.59. The average molecular weight is 352 g/mol. The molecule has 3 nitrogen and oxygen atoms in total. The van der Waals surface area contributed by atoms with Crippen LogP contribution in [0.25, 0.3) is 0 Å². The van der Waals surface area contributed by atoms with Gasteiger partial charge in [-0.25, -0.2) is 4.79 Å². The molecule has 26 heavy (non-hydrogen) atoms. The van der Waals surface area contributed by atoms with Gasteiger partial charge in [0.15, 0.2) is 0 Å². The van der Waals surface area contributed by atoms with Crippen molar-refractivity contribution in [3.05, 3.63) is 70.3 Å². The smallest absolute Gasteiger partial charge is 0.337 e. The summed E-state index contributed by atoms with van der Waals surface area (Å²) in [5.41, 5.74) is 5.12. The molecule has 1 aliphatic carbocycles. The van der Waals surface area contributed by atoms with Crippen LogP contribution >= 0.6 is 0 Å². The Morgan fingerprint density at radius 1 is 0.923 bits per heavy atom. The Kier molecular flexibility index (Phi) is 4.70. The van der Waals surface area contributed by atoms with E-state index in [1.807, 2.05) is 6.07 Å². The van der Waals surface area contributed by atoms with Gasteiger partial charge >= 0.3 is 5.97 Å². The number of carbonyl (C=O) groups is 1. The van der Waals surface area contributed by atoms with Gasteiger partial charge in [-0.3, -0.25) is 0 Å².